The predicted molar refractivity (Wildman–Crippen MR) is 150 cm³/mol. The molecule has 4 rings (SSSR count). The Kier molecular flexibility index (Phi) is 8.23. The third-order valence-electron chi connectivity index (χ3n) is 5.87. The summed E-state index contributed by atoms with van der Waals surface area (Å²) in [5.74, 6) is 1.30. The van der Waals surface area contributed by atoms with Gasteiger partial charge in [0, 0.05) is 56.0 Å². The minimum Gasteiger partial charge on any atom is -0.494 e. The van der Waals surface area contributed by atoms with Crippen LogP contribution in [-0.4, -0.2) is 62.5 Å². The molecule has 2 heterocycles. The van der Waals surface area contributed by atoms with Crippen LogP contribution in [0.5, 0.6) is 5.75 Å². The summed E-state index contributed by atoms with van der Waals surface area (Å²) in [7, 11) is -2.06. The van der Waals surface area contributed by atoms with Crippen LogP contribution in [-0.2, 0) is 14.8 Å². The molecule has 1 saturated heterocycles. The van der Waals surface area contributed by atoms with Gasteiger partial charge < -0.3 is 25.2 Å². The molecule has 2 aromatic carbocycles. The number of hydrogen-bond donors (Lipinski definition) is 3. The van der Waals surface area contributed by atoms with Gasteiger partial charge in [0.25, 0.3) is 10.0 Å². The van der Waals surface area contributed by atoms with Crippen molar-refractivity contribution >= 4 is 62.0 Å². The van der Waals surface area contributed by atoms with Crippen LogP contribution in [0.25, 0.3) is 0 Å². The highest BCUT2D eigenvalue weighted by Crippen LogP contribution is 2.33. The highest BCUT2D eigenvalue weighted by molar-refractivity contribution is 7.95. The maximum Gasteiger partial charge on any atom is 0.254 e. The molecule has 0 unspecified atom stereocenters. The molecule has 1 aromatic heterocycles. The van der Waals surface area contributed by atoms with Crippen molar-refractivity contribution in [3.8, 4) is 5.75 Å². The minimum atomic E-state index is -3.64. The highest BCUT2D eigenvalue weighted by Gasteiger charge is 2.20. The molecule has 0 radical (unpaired) electrons. The van der Waals surface area contributed by atoms with Crippen LogP contribution in [0.3, 0.4) is 0 Å². The number of nitrogens with one attached hydrogen (secondary N) is 3. The number of aromatic nitrogens is 2. The van der Waals surface area contributed by atoms with E-state index in [1.807, 2.05) is 23.1 Å². The molecule has 13 heteroatoms. The highest BCUT2D eigenvalue weighted by atomic mass is 35.5. The van der Waals surface area contributed by atoms with E-state index in [1.54, 1.807) is 38.3 Å². The number of halogens is 1. The van der Waals surface area contributed by atoms with E-state index in [4.69, 9.17) is 16.3 Å². The zero-order chi connectivity index (χ0) is 27.3. The topological polar surface area (TPSA) is 129 Å². The van der Waals surface area contributed by atoms with Crippen molar-refractivity contribution in [1.82, 2.24) is 14.9 Å². The number of ether oxygens (including phenoxy) is 1. The Labute approximate surface area is 226 Å². The van der Waals surface area contributed by atoms with E-state index in [1.165, 1.54) is 6.20 Å². The standard InChI is InChI=1S/C25H28ClN7O4S/c1-4-38(35,36)31-19-7-5-6-18(14-19)28-24-21(26)16-27-25(30-24)29-22-9-8-20(15-23(22)37-3)33-12-10-32(11-13-33)17(2)34/h4-9,14-16,31H,1,10-13H2,2-3H3,(H2,27,28,29,30). The Morgan fingerprint density at radius 3 is 2.53 bits per heavy atom. The number of rotatable bonds is 9. The van der Waals surface area contributed by atoms with Crippen LogP contribution in [0.15, 0.2) is 60.6 Å². The number of piperazine rings is 1. The molecule has 0 saturated carbocycles. The maximum atomic E-state index is 11.8. The van der Waals surface area contributed by atoms with E-state index in [2.05, 4.69) is 36.8 Å². The monoisotopic (exact) mass is 557 g/mol. The molecule has 1 aliphatic rings. The predicted octanol–water partition coefficient (Wildman–Crippen LogP) is 4.18. The normalized spacial score (nSPS) is 13.6. The quantitative estimate of drug-likeness (QED) is 0.355. The van der Waals surface area contributed by atoms with Crippen molar-refractivity contribution in [1.29, 1.82) is 0 Å². The van der Waals surface area contributed by atoms with Gasteiger partial charge in [-0.05, 0) is 30.3 Å². The van der Waals surface area contributed by atoms with E-state index in [9.17, 15) is 13.2 Å². The van der Waals surface area contributed by atoms with Crippen LogP contribution in [0.1, 0.15) is 6.92 Å². The van der Waals surface area contributed by atoms with Gasteiger partial charge in [0.2, 0.25) is 11.9 Å². The first-order chi connectivity index (χ1) is 18.2. The van der Waals surface area contributed by atoms with Gasteiger partial charge in [-0.3, -0.25) is 9.52 Å². The van der Waals surface area contributed by atoms with Crippen molar-refractivity contribution in [3.05, 3.63) is 65.7 Å². The largest absolute Gasteiger partial charge is 0.494 e. The van der Waals surface area contributed by atoms with E-state index >= 15 is 0 Å². The molecule has 0 atom stereocenters. The van der Waals surface area contributed by atoms with Crippen LogP contribution < -0.4 is 25.0 Å². The summed E-state index contributed by atoms with van der Waals surface area (Å²) >= 11 is 6.32. The fraction of sp³-hybridized carbons (Fsp3) is 0.240. The van der Waals surface area contributed by atoms with Gasteiger partial charge in [0.05, 0.1) is 24.7 Å². The summed E-state index contributed by atoms with van der Waals surface area (Å²) in [5, 5.41) is 7.36. The Morgan fingerprint density at radius 1 is 1.11 bits per heavy atom. The molecular formula is C25H28ClN7O4S. The maximum absolute atomic E-state index is 11.8. The van der Waals surface area contributed by atoms with Crippen LogP contribution >= 0.6 is 11.6 Å². The number of hydrogen-bond acceptors (Lipinski definition) is 9. The third kappa shape index (κ3) is 6.64. The van der Waals surface area contributed by atoms with Gasteiger partial charge in [-0.1, -0.05) is 24.2 Å². The summed E-state index contributed by atoms with van der Waals surface area (Å²) in [5.41, 5.74) is 2.56. The van der Waals surface area contributed by atoms with E-state index < -0.39 is 10.0 Å². The lowest BCUT2D eigenvalue weighted by Gasteiger charge is -2.35. The summed E-state index contributed by atoms with van der Waals surface area (Å²) in [6, 6.07) is 12.4. The smallest absolute Gasteiger partial charge is 0.254 e. The van der Waals surface area contributed by atoms with E-state index in [0.717, 1.165) is 24.2 Å². The SMILES string of the molecule is C=CS(=O)(=O)Nc1cccc(Nc2nc(Nc3ccc(N4CCN(C(C)=O)CC4)cc3OC)ncc2Cl)c1. The first kappa shape index (κ1) is 27.0. The lowest BCUT2D eigenvalue weighted by atomic mass is 10.2. The van der Waals surface area contributed by atoms with Crippen LogP contribution in [0, 0.1) is 0 Å². The van der Waals surface area contributed by atoms with Gasteiger partial charge in [-0.15, -0.1) is 0 Å². The Hall–Kier alpha value is -4.03. The molecule has 200 valence electrons. The van der Waals surface area contributed by atoms with E-state index in [0.29, 0.717) is 41.7 Å². The van der Waals surface area contributed by atoms with Gasteiger partial charge in [-0.2, -0.15) is 4.98 Å². The van der Waals surface area contributed by atoms with E-state index in [-0.39, 0.29) is 16.9 Å². The third-order valence-corrected chi connectivity index (χ3v) is 7.11. The Morgan fingerprint density at radius 2 is 1.84 bits per heavy atom. The van der Waals surface area contributed by atoms with Crippen molar-refractivity contribution in [2.24, 2.45) is 0 Å². The molecule has 1 aliphatic heterocycles. The summed E-state index contributed by atoms with van der Waals surface area (Å²) in [6.45, 7) is 7.71. The van der Waals surface area contributed by atoms with Gasteiger partial charge in [0.1, 0.15) is 10.8 Å². The van der Waals surface area contributed by atoms with Crippen molar-refractivity contribution in [3.63, 3.8) is 0 Å². The average molecular weight is 558 g/mol. The first-order valence-electron chi connectivity index (χ1n) is 11.7. The lowest BCUT2D eigenvalue weighted by Crippen LogP contribution is -2.48. The number of methoxy groups -OCH3 is 1. The number of sulfonamides is 1. The molecule has 3 aromatic rings. The minimum absolute atomic E-state index is 0.0867. The van der Waals surface area contributed by atoms with Gasteiger partial charge in [0.15, 0.2) is 5.82 Å². The molecule has 0 bridgehead atoms. The number of carbonyl (C=O) groups excluding carboxylic acids is 1. The second kappa shape index (κ2) is 11.6. The Bertz CT molecular complexity index is 1440. The zero-order valence-corrected chi connectivity index (χ0v) is 22.5. The summed E-state index contributed by atoms with van der Waals surface area (Å²) in [6.07, 6.45) is 1.46. The molecule has 38 heavy (non-hydrogen) atoms. The number of carbonyl (C=O) groups is 1. The molecule has 3 N–H and O–H groups in total. The first-order valence-corrected chi connectivity index (χ1v) is 13.6. The van der Waals surface area contributed by atoms with Crippen LogP contribution in [0.2, 0.25) is 5.02 Å². The fourth-order valence-corrected chi connectivity index (χ4v) is 4.58. The molecule has 1 fully saturated rings. The molecule has 1 amide bonds. The zero-order valence-electron chi connectivity index (χ0n) is 20.9. The molecule has 0 aliphatic carbocycles. The van der Waals surface area contributed by atoms with Gasteiger partial charge in [-0.25, -0.2) is 13.4 Å². The fourth-order valence-electron chi connectivity index (χ4n) is 3.90. The van der Waals surface area contributed by atoms with Crippen molar-refractivity contribution in [2.75, 3.05) is 53.5 Å². The molecule has 0 spiro atoms. The Balaban J connectivity index is 1.49. The number of amides is 1. The average Bonchev–Trinajstić information content (AvgIpc) is 2.91. The van der Waals surface area contributed by atoms with Crippen molar-refractivity contribution in [2.45, 2.75) is 6.92 Å². The molecule has 11 nitrogen and oxygen atoms in total. The lowest BCUT2D eigenvalue weighted by molar-refractivity contribution is -0.129. The second-order valence-corrected chi connectivity index (χ2v) is 10.4. The second-order valence-electron chi connectivity index (χ2n) is 8.41. The van der Waals surface area contributed by atoms with Gasteiger partial charge >= 0.3 is 0 Å². The number of nitrogens with zero attached hydrogens (tertiary/aromatic N) is 4. The molecular weight excluding hydrogens is 530 g/mol. The number of anilines is 6. The van der Waals surface area contributed by atoms with Crippen molar-refractivity contribution < 1.29 is 17.9 Å². The summed E-state index contributed by atoms with van der Waals surface area (Å²) in [4.78, 5) is 24.4. The van der Waals surface area contributed by atoms with Crippen LogP contribution in [0.4, 0.5) is 34.5 Å². The summed E-state index contributed by atoms with van der Waals surface area (Å²) < 4.78 is 31.6. The number of benzene rings is 2.